The van der Waals surface area contributed by atoms with E-state index in [-0.39, 0.29) is 0 Å². The lowest BCUT2D eigenvalue weighted by Crippen LogP contribution is -2.34. The average molecular weight is 270 g/mol. The number of aliphatic hydroxyl groups is 4. The number of hydrogen-bond acceptors (Lipinski definition) is 6. The molecule has 0 saturated heterocycles. The highest BCUT2D eigenvalue weighted by molar-refractivity contribution is 7.13. The van der Waals surface area contributed by atoms with Gasteiger partial charge in [0.1, 0.15) is 24.1 Å². The number of aliphatic hydroxyl groups excluding tert-OH is 4. The fraction of sp³-hybridized carbons (Fsp3) is 0.364. The van der Waals surface area contributed by atoms with Crippen LogP contribution in [0.5, 0.6) is 0 Å². The Kier molecular flexibility index (Phi) is 4.10. The molecule has 2 aromatic heterocycles. The molecule has 18 heavy (non-hydrogen) atoms. The maximum Gasteiger partial charge on any atom is 0.147 e. The van der Waals surface area contributed by atoms with Crippen LogP contribution in [0.3, 0.4) is 0 Å². The molecule has 0 aliphatic heterocycles. The van der Waals surface area contributed by atoms with E-state index in [1.54, 1.807) is 0 Å². The molecule has 3 atom stereocenters. The summed E-state index contributed by atoms with van der Waals surface area (Å²) in [5.41, 5.74) is 0.290. The Balaban J connectivity index is 2.15. The van der Waals surface area contributed by atoms with Crippen LogP contribution in [0.4, 0.5) is 0 Å². The molecule has 0 aliphatic rings. The molecule has 6 nitrogen and oxygen atoms in total. The quantitative estimate of drug-likeness (QED) is 0.520. The van der Waals surface area contributed by atoms with E-state index in [1.807, 2.05) is 17.5 Å². The molecule has 0 saturated carbocycles. The third-order valence-electron chi connectivity index (χ3n) is 2.57. The lowest BCUT2D eigenvalue weighted by Gasteiger charge is -2.20. The first kappa shape index (κ1) is 13.2. The lowest BCUT2D eigenvalue weighted by atomic mass is 10.1. The van der Waals surface area contributed by atoms with Gasteiger partial charge in [0.25, 0.3) is 0 Å². The Morgan fingerprint density at radius 3 is 2.72 bits per heavy atom. The minimum atomic E-state index is -1.47. The van der Waals surface area contributed by atoms with Crippen molar-refractivity contribution in [1.82, 2.24) is 9.97 Å². The number of rotatable bonds is 5. The minimum Gasteiger partial charge on any atom is -0.394 e. The number of aromatic amines is 1. The lowest BCUT2D eigenvalue weighted by molar-refractivity contribution is -0.0788. The van der Waals surface area contributed by atoms with Gasteiger partial charge in [-0.2, -0.15) is 0 Å². The first-order chi connectivity index (χ1) is 8.63. The Morgan fingerprint density at radius 1 is 1.33 bits per heavy atom. The van der Waals surface area contributed by atoms with E-state index in [9.17, 15) is 15.3 Å². The first-order valence-electron chi connectivity index (χ1n) is 5.37. The maximum absolute atomic E-state index is 9.81. The van der Waals surface area contributed by atoms with Gasteiger partial charge >= 0.3 is 0 Å². The van der Waals surface area contributed by atoms with Gasteiger partial charge in [-0.25, -0.2) is 4.98 Å². The van der Waals surface area contributed by atoms with Gasteiger partial charge < -0.3 is 25.4 Å². The summed E-state index contributed by atoms with van der Waals surface area (Å²) < 4.78 is 0. The molecule has 0 unspecified atom stereocenters. The van der Waals surface area contributed by atoms with Crippen LogP contribution in [0, 0.1) is 0 Å². The van der Waals surface area contributed by atoms with Gasteiger partial charge in [0.05, 0.1) is 23.4 Å². The van der Waals surface area contributed by atoms with E-state index in [4.69, 9.17) is 5.11 Å². The number of hydrogen-bond donors (Lipinski definition) is 5. The monoisotopic (exact) mass is 270 g/mol. The summed E-state index contributed by atoms with van der Waals surface area (Å²) in [6, 6.07) is 3.75. The molecule has 0 aliphatic carbocycles. The van der Waals surface area contributed by atoms with Crippen molar-refractivity contribution in [3.63, 3.8) is 0 Å². The topological polar surface area (TPSA) is 110 Å². The second-order valence-corrected chi connectivity index (χ2v) is 4.80. The van der Waals surface area contributed by atoms with Crippen LogP contribution < -0.4 is 0 Å². The molecule has 0 bridgehead atoms. The van der Waals surface area contributed by atoms with Crippen LogP contribution >= 0.6 is 11.3 Å². The minimum absolute atomic E-state index is 0.290. The number of thiophene rings is 1. The van der Waals surface area contributed by atoms with Crippen molar-refractivity contribution in [3.05, 3.63) is 29.4 Å². The van der Waals surface area contributed by atoms with Crippen molar-refractivity contribution in [3.8, 4) is 10.7 Å². The molecule has 0 spiro atoms. The predicted octanol–water partition coefficient (Wildman–Crippen LogP) is -0.114. The molecule has 0 amide bonds. The molecular weight excluding hydrogens is 256 g/mol. The second-order valence-electron chi connectivity index (χ2n) is 3.85. The SMILES string of the molecule is OC[C@@H](O)[C@@H](O)[C@H](O)c1cnc(-c2cccs2)[nH]1. The van der Waals surface area contributed by atoms with Crippen LogP contribution in [0.15, 0.2) is 23.7 Å². The van der Waals surface area contributed by atoms with E-state index in [0.29, 0.717) is 11.5 Å². The van der Waals surface area contributed by atoms with E-state index >= 15 is 0 Å². The van der Waals surface area contributed by atoms with Crippen molar-refractivity contribution >= 4 is 11.3 Å². The van der Waals surface area contributed by atoms with Gasteiger partial charge in [-0.15, -0.1) is 11.3 Å². The molecule has 0 fully saturated rings. The highest BCUT2D eigenvalue weighted by Crippen LogP contribution is 2.24. The van der Waals surface area contributed by atoms with E-state index in [2.05, 4.69) is 9.97 Å². The van der Waals surface area contributed by atoms with E-state index in [1.165, 1.54) is 17.5 Å². The van der Waals surface area contributed by atoms with Crippen LogP contribution in [0.1, 0.15) is 11.8 Å². The Morgan fingerprint density at radius 2 is 2.11 bits per heavy atom. The molecule has 0 radical (unpaired) electrons. The zero-order chi connectivity index (χ0) is 13.1. The number of H-pyrrole nitrogens is 1. The molecule has 2 aromatic rings. The molecule has 2 rings (SSSR count). The van der Waals surface area contributed by atoms with Gasteiger partial charge in [-0.05, 0) is 11.4 Å². The Bertz CT molecular complexity index is 485. The van der Waals surface area contributed by atoms with E-state index < -0.39 is 24.9 Å². The average Bonchev–Trinajstić information content (AvgIpc) is 3.05. The zero-order valence-corrected chi connectivity index (χ0v) is 10.2. The normalized spacial score (nSPS) is 16.4. The predicted molar refractivity (Wildman–Crippen MR) is 66.0 cm³/mol. The summed E-state index contributed by atoms with van der Waals surface area (Å²) >= 11 is 1.49. The second kappa shape index (κ2) is 5.59. The summed E-state index contributed by atoms with van der Waals surface area (Å²) in [6.07, 6.45) is -2.79. The van der Waals surface area contributed by atoms with Gasteiger partial charge in [0.15, 0.2) is 0 Å². The molecule has 0 aromatic carbocycles. The zero-order valence-electron chi connectivity index (χ0n) is 9.39. The molecule has 98 valence electrons. The maximum atomic E-state index is 9.81. The van der Waals surface area contributed by atoms with Crippen molar-refractivity contribution < 1.29 is 20.4 Å². The standard InChI is InChI=1S/C11H14N2O4S/c14-5-7(15)10(17)9(16)6-4-12-11(13-6)8-2-1-3-18-8/h1-4,7,9-10,14-17H,5H2,(H,12,13)/t7-,9-,10-/m1/s1. The number of aromatic nitrogens is 2. The fourth-order valence-corrected chi connectivity index (χ4v) is 2.20. The highest BCUT2D eigenvalue weighted by Gasteiger charge is 2.27. The third kappa shape index (κ3) is 2.60. The van der Waals surface area contributed by atoms with Gasteiger partial charge in [0.2, 0.25) is 0 Å². The molecule has 2 heterocycles. The highest BCUT2D eigenvalue weighted by atomic mass is 32.1. The van der Waals surface area contributed by atoms with Crippen LogP contribution in [-0.2, 0) is 0 Å². The van der Waals surface area contributed by atoms with Gasteiger partial charge in [-0.3, -0.25) is 0 Å². The molecule has 5 N–H and O–H groups in total. The van der Waals surface area contributed by atoms with Crippen molar-refractivity contribution in [1.29, 1.82) is 0 Å². The van der Waals surface area contributed by atoms with Crippen molar-refractivity contribution in [2.24, 2.45) is 0 Å². The van der Waals surface area contributed by atoms with Crippen LogP contribution in [0.2, 0.25) is 0 Å². The summed E-state index contributed by atoms with van der Waals surface area (Å²) in [6.45, 7) is -0.621. The first-order valence-corrected chi connectivity index (χ1v) is 6.25. The summed E-state index contributed by atoms with van der Waals surface area (Å²) in [7, 11) is 0. The number of imidazole rings is 1. The van der Waals surface area contributed by atoms with Crippen LogP contribution in [0.25, 0.3) is 10.7 Å². The number of nitrogens with one attached hydrogen (secondary N) is 1. The smallest absolute Gasteiger partial charge is 0.147 e. The molecule has 7 heteroatoms. The molecular formula is C11H14N2O4S. The van der Waals surface area contributed by atoms with E-state index in [0.717, 1.165) is 4.88 Å². The van der Waals surface area contributed by atoms with Crippen LogP contribution in [-0.4, -0.2) is 49.2 Å². The summed E-state index contributed by atoms with van der Waals surface area (Å²) in [5, 5.41) is 39.3. The van der Waals surface area contributed by atoms with Crippen molar-refractivity contribution in [2.75, 3.05) is 6.61 Å². The van der Waals surface area contributed by atoms with Crippen molar-refractivity contribution in [2.45, 2.75) is 18.3 Å². The van der Waals surface area contributed by atoms with Gasteiger partial charge in [0, 0.05) is 0 Å². The fourth-order valence-electron chi connectivity index (χ4n) is 1.53. The Hall–Kier alpha value is -1.25. The summed E-state index contributed by atoms with van der Waals surface area (Å²) in [4.78, 5) is 7.87. The third-order valence-corrected chi connectivity index (χ3v) is 3.45. The number of nitrogens with zero attached hydrogens (tertiary/aromatic N) is 1. The largest absolute Gasteiger partial charge is 0.394 e. The Labute approximate surface area is 107 Å². The summed E-state index contributed by atoms with van der Waals surface area (Å²) in [5.74, 6) is 0.588. The van der Waals surface area contributed by atoms with Gasteiger partial charge in [-0.1, -0.05) is 6.07 Å².